The molecule has 0 rings (SSSR count). The third kappa shape index (κ3) is 18.3. The Morgan fingerprint density at radius 1 is 0.913 bits per heavy atom. The van der Waals surface area contributed by atoms with Crippen LogP contribution in [-0.2, 0) is 4.79 Å². The molecular formula is C20H32O3. The lowest BCUT2D eigenvalue weighted by Gasteiger charge is -1.99. The Balaban J connectivity index is 3.56. The van der Waals surface area contributed by atoms with Crippen molar-refractivity contribution in [3.63, 3.8) is 0 Å². The lowest BCUT2D eigenvalue weighted by Crippen LogP contribution is -1.98. The monoisotopic (exact) mass is 320 g/mol. The molecule has 3 heteroatoms. The van der Waals surface area contributed by atoms with Gasteiger partial charge in [-0.1, -0.05) is 68.4 Å². The molecule has 0 aromatic heterocycles. The van der Waals surface area contributed by atoms with Crippen LogP contribution in [0.2, 0.25) is 0 Å². The van der Waals surface area contributed by atoms with E-state index in [9.17, 15) is 9.90 Å². The fraction of sp³-hybridized carbons (Fsp3) is 0.550. The van der Waals surface area contributed by atoms with Crippen LogP contribution in [0, 0.1) is 0 Å². The van der Waals surface area contributed by atoms with Gasteiger partial charge >= 0.3 is 5.97 Å². The van der Waals surface area contributed by atoms with Gasteiger partial charge in [0.1, 0.15) is 0 Å². The Labute approximate surface area is 141 Å². The zero-order valence-corrected chi connectivity index (χ0v) is 14.4. The number of unbranched alkanes of at least 4 members (excludes halogenated alkanes) is 3. The Kier molecular flexibility index (Phi) is 15.6. The summed E-state index contributed by atoms with van der Waals surface area (Å²) in [4.78, 5) is 10.3. The van der Waals surface area contributed by atoms with Crippen LogP contribution >= 0.6 is 0 Å². The van der Waals surface area contributed by atoms with Gasteiger partial charge in [0.05, 0.1) is 6.10 Å². The molecule has 3 nitrogen and oxygen atoms in total. The van der Waals surface area contributed by atoms with Gasteiger partial charge in [-0.25, -0.2) is 0 Å². The molecule has 0 saturated heterocycles. The van der Waals surface area contributed by atoms with Crippen molar-refractivity contribution in [1.82, 2.24) is 0 Å². The van der Waals surface area contributed by atoms with Crippen molar-refractivity contribution in [2.45, 2.75) is 70.8 Å². The van der Waals surface area contributed by atoms with Crippen molar-refractivity contribution >= 4 is 5.97 Å². The second-order valence-electron chi connectivity index (χ2n) is 5.55. The van der Waals surface area contributed by atoms with E-state index in [2.05, 4.69) is 37.3 Å². The highest BCUT2D eigenvalue weighted by atomic mass is 16.4. The van der Waals surface area contributed by atoms with Crippen molar-refractivity contribution in [2.75, 3.05) is 0 Å². The summed E-state index contributed by atoms with van der Waals surface area (Å²) in [6.07, 6.45) is 23.5. The molecule has 1 unspecified atom stereocenters. The van der Waals surface area contributed by atoms with Crippen LogP contribution in [0.4, 0.5) is 0 Å². The molecule has 0 radical (unpaired) electrons. The molecule has 0 fully saturated rings. The average molecular weight is 320 g/mol. The molecule has 0 saturated carbocycles. The highest BCUT2D eigenvalue weighted by Crippen LogP contribution is 2.01. The molecule has 0 aromatic carbocycles. The number of carboxylic acid groups (broad SMARTS) is 1. The van der Waals surface area contributed by atoms with Gasteiger partial charge in [0.15, 0.2) is 0 Å². The molecule has 0 aliphatic heterocycles. The lowest BCUT2D eigenvalue weighted by atomic mass is 10.1. The zero-order valence-electron chi connectivity index (χ0n) is 14.4. The van der Waals surface area contributed by atoms with Crippen LogP contribution in [0.5, 0.6) is 0 Å². The summed E-state index contributed by atoms with van der Waals surface area (Å²) in [6.45, 7) is 2.16. The molecular weight excluding hydrogens is 288 g/mol. The van der Waals surface area contributed by atoms with Crippen molar-refractivity contribution < 1.29 is 15.0 Å². The molecule has 2 N–H and O–H groups in total. The summed E-state index contributed by atoms with van der Waals surface area (Å²) < 4.78 is 0. The third-order valence-corrected chi connectivity index (χ3v) is 3.27. The molecule has 0 heterocycles. The summed E-state index contributed by atoms with van der Waals surface area (Å²) in [5.74, 6) is -0.730. The van der Waals surface area contributed by atoms with Gasteiger partial charge in [-0.3, -0.25) is 4.79 Å². The van der Waals surface area contributed by atoms with Gasteiger partial charge in [0, 0.05) is 6.42 Å². The molecule has 23 heavy (non-hydrogen) atoms. The van der Waals surface area contributed by atoms with Crippen LogP contribution in [-0.4, -0.2) is 22.3 Å². The third-order valence-electron chi connectivity index (χ3n) is 3.27. The first-order valence-electron chi connectivity index (χ1n) is 8.68. The fourth-order valence-electron chi connectivity index (χ4n) is 1.92. The van der Waals surface area contributed by atoms with Gasteiger partial charge < -0.3 is 10.2 Å². The smallest absolute Gasteiger partial charge is 0.303 e. The Bertz CT molecular complexity index is 392. The minimum absolute atomic E-state index is 0.241. The first-order chi connectivity index (χ1) is 11.2. The van der Waals surface area contributed by atoms with E-state index >= 15 is 0 Å². The summed E-state index contributed by atoms with van der Waals surface area (Å²) >= 11 is 0. The van der Waals surface area contributed by atoms with Gasteiger partial charge in [-0.2, -0.15) is 0 Å². The second kappa shape index (κ2) is 16.8. The van der Waals surface area contributed by atoms with E-state index in [-0.39, 0.29) is 12.5 Å². The average Bonchev–Trinajstić information content (AvgIpc) is 2.52. The maximum atomic E-state index is 10.3. The molecule has 1 atom stereocenters. The molecule has 0 bridgehead atoms. The van der Waals surface area contributed by atoms with Crippen molar-refractivity contribution in [1.29, 1.82) is 0 Å². The minimum Gasteiger partial charge on any atom is -0.481 e. The Morgan fingerprint density at radius 2 is 1.52 bits per heavy atom. The summed E-state index contributed by atoms with van der Waals surface area (Å²) in [7, 11) is 0. The zero-order chi connectivity index (χ0) is 17.2. The summed E-state index contributed by atoms with van der Waals surface area (Å²) in [5.41, 5.74) is 0. The van der Waals surface area contributed by atoms with Gasteiger partial charge in [-0.05, 0) is 38.5 Å². The molecule has 130 valence electrons. The van der Waals surface area contributed by atoms with Crippen LogP contribution in [0.25, 0.3) is 0 Å². The van der Waals surface area contributed by atoms with Crippen molar-refractivity contribution in [3.05, 3.63) is 48.6 Å². The maximum Gasteiger partial charge on any atom is 0.303 e. The highest BCUT2D eigenvalue weighted by molar-refractivity contribution is 5.66. The van der Waals surface area contributed by atoms with E-state index in [1.54, 1.807) is 0 Å². The standard InChI is InChI=1S/C20H32O3/c1-2-3-4-13-16-19(21)17-14-11-9-7-5-6-8-10-12-15-18-20(22)23/h5,7-8,10-11,13-14,16,19,21H,2-4,6,9,12,15,17-18H2,1H3,(H,22,23)/b7-5-,10-8+,14-11-,16-13-. The minimum atomic E-state index is -0.730. The number of carbonyl (C=O) groups is 1. The normalized spacial score (nSPS) is 13.8. The van der Waals surface area contributed by atoms with Gasteiger partial charge in [0.2, 0.25) is 0 Å². The predicted octanol–water partition coefficient (Wildman–Crippen LogP) is 5.19. The van der Waals surface area contributed by atoms with E-state index in [0.29, 0.717) is 12.8 Å². The van der Waals surface area contributed by atoms with Crippen LogP contribution < -0.4 is 0 Å². The first kappa shape index (κ1) is 21.4. The lowest BCUT2D eigenvalue weighted by molar-refractivity contribution is -0.137. The summed E-state index contributed by atoms with van der Waals surface area (Å²) in [6, 6.07) is 0. The predicted molar refractivity (Wildman–Crippen MR) is 97.4 cm³/mol. The van der Waals surface area contributed by atoms with Crippen LogP contribution in [0.15, 0.2) is 48.6 Å². The Morgan fingerprint density at radius 3 is 2.17 bits per heavy atom. The highest BCUT2D eigenvalue weighted by Gasteiger charge is 1.94. The fourth-order valence-corrected chi connectivity index (χ4v) is 1.92. The number of hydrogen-bond donors (Lipinski definition) is 2. The Hall–Kier alpha value is -1.61. The summed E-state index contributed by atoms with van der Waals surface area (Å²) in [5, 5.41) is 18.2. The van der Waals surface area contributed by atoms with E-state index in [0.717, 1.165) is 25.7 Å². The van der Waals surface area contributed by atoms with Gasteiger partial charge in [0.25, 0.3) is 0 Å². The van der Waals surface area contributed by atoms with Gasteiger partial charge in [-0.15, -0.1) is 0 Å². The van der Waals surface area contributed by atoms with Crippen LogP contribution in [0.1, 0.15) is 64.7 Å². The number of aliphatic carboxylic acids is 1. The van der Waals surface area contributed by atoms with E-state index in [4.69, 9.17) is 5.11 Å². The number of aliphatic hydroxyl groups is 1. The topological polar surface area (TPSA) is 57.5 Å². The number of carboxylic acids is 1. The molecule has 0 amide bonds. The number of aliphatic hydroxyl groups excluding tert-OH is 1. The SMILES string of the molecule is CCCC/C=C\C(O)C/C=C\C/C=C\C/C=C/CCCC(=O)O. The molecule has 0 spiro atoms. The van der Waals surface area contributed by atoms with Crippen molar-refractivity contribution in [2.24, 2.45) is 0 Å². The number of hydrogen-bond acceptors (Lipinski definition) is 2. The van der Waals surface area contributed by atoms with E-state index < -0.39 is 5.97 Å². The number of allylic oxidation sites excluding steroid dienone is 6. The van der Waals surface area contributed by atoms with E-state index in [1.807, 2.05) is 18.2 Å². The molecule has 0 aromatic rings. The maximum absolute atomic E-state index is 10.3. The quantitative estimate of drug-likeness (QED) is 0.342. The largest absolute Gasteiger partial charge is 0.481 e. The number of rotatable bonds is 14. The van der Waals surface area contributed by atoms with E-state index in [1.165, 1.54) is 12.8 Å². The van der Waals surface area contributed by atoms with Crippen LogP contribution in [0.3, 0.4) is 0 Å². The molecule has 0 aliphatic carbocycles. The first-order valence-corrected chi connectivity index (χ1v) is 8.68. The van der Waals surface area contributed by atoms with Crippen molar-refractivity contribution in [3.8, 4) is 0 Å². The molecule has 0 aliphatic rings. The second-order valence-corrected chi connectivity index (χ2v) is 5.55.